The Morgan fingerprint density at radius 2 is 1.09 bits per heavy atom. The first kappa shape index (κ1) is 49.0. The number of nitrogens with zero attached hydrogens (tertiary/aromatic N) is 1. The van der Waals surface area contributed by atoms with Gasteiger partial charge in [-0.3, -0.25) is 9.59 Å². The van der Waals surface area contributed by atoms with Gasteiger partial charge in [0.2, 0.25) is 0 Å². The Hall–Kier alpha value is -4.01. The van der Waals surface area contributed by atoms with E-state index in [1.54, 1.807) is 21.1 Å². The summed E-state index contributed by atoms with van der Waals surface area (Å²) in [6.07, 6.45) is 46.9. The van der Waals surface area contributed by atoms with E-state index >= 15 is 0 Å². The predicted octanol–water partition coefficient (Wildman–Crippen LogP) is 8.79. The van der Waals surface area contributed by atoms with Crippen LogP contribution in [0.15, 0.2) is 109 Å². The summed E-state index contributed by atoms with van der Waals surface area (Å²) in [6.45, 7) is 4.26. The van der Waals surface area contributed by atoms with Gasteiger partial charge >= 0.3 is 11.9 Å². The van der Waals surface area contributed by atoms with Crippen LogP contribution in [0.5, 0.6) is 0 Å². The number of esters is 2. The number of allylic oxidation sites excluding steroid dienone is 18. The normalized spacial score (nSPS) is 14.2. The monoisotopic (exact) mass is 736 g/mol. The van der Waals surface area contributed by atoms with Gasteiger partial charge in [0, 0.05) is 19.3 Å². The number of ether oxygens (including phenoxy) is 3. The lowest BCUT2D eigenvalue weighted by Gasteiger charge is -2.34. The summed E-state index contributed by atoms with van der Waals surface area (Å²) in [5, 5.41) is 11.6. The molecule has 0 amide bonds. The molecular weight excluding hydrogens is 666 g/mol. The molecule has 0 aromatic carbocycles. The summed E-state index contributed by atoms with van der Waals surface area (Å²) in [5.74, 6) is -1.87. The summed E-state index contributed by atoms with van der Waals surface area (Å²) in [5.41, 5.74) is 0. The molecule has 0 saturated heterocycles. The van der Waals surface area contributed by atoms with Crippen LogP contribution in [-0.4, -0.2) is 75.5 Å². The van der Waals surface area contributed by atoms with Crippen LogP contribution in [-0.2, 0) is 28.6 Å². The van der Waals surface area contributed by atoms with Crippen LogP contribution in [0.2, 0.25) is 0 Å². The van der Waals surface area contributed by atoms with Gasteiger partial charge in [0.15, 0.2) is 6.10 Å². The van der Waals surface area contributed by atoms with Crippen molar-refractivity contribution in [2.24, 2.45) is 0 Å². The lowest BCUT2D eigenvalue weighted by atomic mass is 10.1. The highest BCUT2D eigenvalue weighted by molar-refractivity contribution is 5.70. The Bertz CT molecular complexity index is 1230. The SMILES string of the molecule is CC/C=C/C=C/C=C/C=C/C=C/C=C/CCCCCC(=O)OC(COCCC(C(=O)[O-])[N+](C)(C)C)COC(=O)CCCC/C=C/C/C=C/C/C=C/CC. The average Bonchev–Trinajstić information content (AvgIpc) is 3.11. The molecular formula is C45H69NO7. The maximum absolute atomic E-state index is 12.7. The molecule has 0 aromatic heterocycles. The van der Waals surface area contributed by atoms with Crippen LogP contribution < -0.4 is 5.11 Å². The second-order valence-corrected chi connectivity index (χ2v) is 13.6. The first-order chi connectivity index (χ1) is 25.6. The van der Waals surface area contributed by atoms with E-state index in [0.717, 1.165) is 57.8 Å². The summed E-state index contributed by atoms with van der Waals surface area (Å²) in [4.78, 5) is 36.7. The van der Waals surface area contributed by atoms with Crippen LogP contribution in [0, 0.1) is 0 Å². The molecule has 0 aliphatic heterocycles. The van der Waals surface area contributed by atoms with Gasteiger partial charge in [-0.15, -0.1) is 0 Å². The minimum Gasteiger partial charge on any atom is -0.544 e. The second kappa shape index (κ2) is 35.0. The van der Waals surface area contributed by atoms with Gasteiger partial charge in [-0.1, -0.05) is 130 Å². The molecule has 0 radical (unpaired) electrons. The van der Waals surface area contributed by atoms with Crippen LogP contribution in [0.25, 0.3) is 0 Å². The molecule has 296 valence electrons. The molecule has 0 aromatic rings. The quantitative estimate of drug-likeness (QED) is 0.0224. The molecule has 53 heavy (non-hydrogen) atoms. The minimum atomic E-state index is -1.15. The number of hydrogen-bond acceptors (Lipinski definition) is 7. The third-order valence-corrected chi connectivity index (χ3v) is 7.82. The number of carbonyl (C=O) groups excluding carboxylic acids is 3. The number of rotatable bonds is 32. The smallest absolute Gasteiger partial charge is 0.306 e. The molecule has 0 heterocycles. The van der Waals surface area contributed by atoms with Crippen LogP contribution in [0.3, 0.4) is 0 Å². The van der Waals surface area contributed by atoms with Crippen LogP contribution >= 0.6 is 0 Å². The summed E-state index contributed by atoms with van der Waals surface area (Å²) in [7, 11) is 5.35. The molecule has 0 fully saturated rings. The van der Waals surface area contributed by atoms with E-state index in [1.165, 1.54) is 0 Å². The molecule has 0 N–H and O–H groups in total. The molecule has 0 aliphatic carbocycles. The number of likely N-dealkylation sites (N-methyl/N-ethyl adjacent to an activating group) is 1. The highest BCUT2D eigenvalue weighted by atomic mass is 16.6. The molecule has 2 atom stereocenters. The van der Waals surface area contributed by atoms with Gasteiger partial charge in [0.05, 0.1) is 40.3 Å². The Kier molecular flexibility index (Phi) is 32.4. The van der Waals surface area contributed by atoms with Crippen molar-refractivity contribution in [3.63, 3.8) is 0 Å². The number of carboxylic acid groups (broad SMARTS) is 1. The third-order valence-electron chi connectivity index (χ3n) is 7.82. The summed E-state index contributed by atoms with van der Waals surface area (Å²) >= 11 is 0. The molecule has 2 unspecified atom stereocenters. The summed E-state index contributed by atoms with van der Waals surface area (Å²) < 4.78 is 17.0. The zero-order valence-electron chi connectivity index (χ0n) is 33.4. The zero-order chi connectivity index (χ0) is 39.3. The maximum atomic E-state index is 12.7. The fourth-order valence-electron chi connectivity index (χ4n) is 4.82. The number of carboxylic acids is 1. The van der Waals surface area contributed by atoms with E-state index in [-0.39, 0.29) is 55.5 Å². The Balaban J connectivity index is 4.61. The number of aliphatic carboxylic acids is 1. The number of quaternary nitrogens is 1. The predicted molar refractivity (Wildman–Crippen MR) is 217 cm³/mol. The molecule has 0 rings (SSSR count). The van der Waals surface area contributed by atoms with Crippen molar-refractivity contribution in [3.8, 4) is 0 Å². The highest BCUT2D eigenvalue weighted by Crippen LogP contribution is 2.10. The first-order valence-electron chi connectivity index (χ1n) is 19.5. The van der Waals surface area contributed by atoms with E-state index in [2.05, 4.69) is 62.5 Å². The van der Waals surface area contributed by atoms with E-state index in [1.807, 2.05) is 60.8 Å². The average molecular weight is 736 g/mol. The molecule has 8 heteroatoms. The Labute approximate surface area is 321 Å². The van der Waals surface area contributed by atoms with Crippen molar-refractivity contribution in [2.45, 2.75) is 116 Å². The lowest BCUT2D eigenvalue weighted by Crippen LogP contribution is -2.55. The van der Waals surface area contributed by atoms with E-state index in [0.29, 0.717) is 12.8 Å². The highest BCUT2D eigenvalue weighted by Gasteiger charge is 2.25. The fraction of sp³-hybridized carbons (Fsp3) is 0.533. The van der Waals surface area contributed by atoms with Gasteiger partial charge in [-0.25, -0.2) is 0 Å². The number of unbranched alkanes of at least 4 members (excludes halogenated alkanes) is 5. The lowest BCUT2D eigenvalue weighted by molar-refractivity contribution is -0.889. The molecule has 0 spiro atoms. The standard InChI is InChI=1S/C45H69NO7/c1-6-8-10-12-14-16-18-20-21-22-23-24-26-28-30-32-34-36-44(48)53-41(39-51-38-37-42(45(49)50)46(3,4)5)40-52-43(47)35-33-31-29-27-25-19-17-15-13-11-9-7-2/h8-12,14-18,20-27,41-42H,6-7,13,19,28-40H2,1-5H3/b10-8+,11-9+,14-12+,17-15+,18-16+,21-20+,23-22+,26-24+,27-25+. The van der Waals surface area contributed by atoms with Gasteiger partial charge in [0.1, 0.15) is 12.6 Å². The van der Waals surface area contributed by atoms with E-state index < -0.39 is 18.1 Å². The second-order valence-electron chi connectivity index (χ2n) is 13.6. The molecule has 0 bridgehead atoms. The molecule has 8 nitrogen and oxygen atoms in total. The topological polar surface area (TPSA) is 102 Å². The maximum Gasteiger partial charge on any atom is 0.306 e. The van der Waals surface area contributed by atoms with Gasteiger partial charge in [-0.05, 0) is 64.2 Å². The number of hydrogen-bond donors (Lipinski definition) is 0. The van der Waals surface area contributed by atoms with Crippen molar-refractivity contribution in [1.82, 2.24) is 0 Å². The minimum absolute atomic E-state index is 0.00153. The van der Waals surface area contributed by atoms with Gasteiger partial charge in [-0.2, -0.15) is 0 Å². The van der Waals surface area contributed by atoms with E-state index in [9.17, 15) is 19.5 Å². The fourth-order valence-corrected chi connectivity index (χ4v) is 4.82. The van der Waals surface area contributed by atoms with Crippen molar-refractivity contribution in [1.29, 1.82) is 0 Å². The number of carbonyl (C=O) groups is 3. The Morgan fingerprint density at radius 1 is 0.585 bits per heavy atom. The van der Waals surface area contributed by atoms with E-state index in [4.69, 9.17) is 14.2 Å². The van der Waals surface area contributed by atoms with Crippen LogP contribution in [0.4, 0.5) is 0 Å². The van der Waals surface area contributed by atoms with Crippen molar-refractivity contribution < 1.29 is 38.2 Å². The zero-order valence-corrected chi connectivity index (χ0v) is 33.4. The molecule has 0 saturated carbocycles. The molecule has 0 aliphatic rings. The first-order valence-corrected chi connectivity index (χ1v) is 19.5. The third kappa shape index (κ3) is 33.6. The Morgan fingerprint density at radius 3 is 1.70 bits per heavy atom. The summed E-state index contributed by atoms with van der Waals surface area (Å²) in [6, 6.07) is -0.746. The van der Waals surface area contributed by atoms with Crippen molar-refractivity contribution in [3.05, 3.63) is 109 Å². The van der Waals surface area contributed by atoms with Crippen LogP contribution in [0.1, 0.15) is 104 Å². The van der Waals surface area contributed by atoms with Gasteiger partial charge in [0.25, 0.3) is 0 Å². The van der Waals surface area contributed by atoms with Crippen molar-refractivity contribution in [2.75, 3.05) is 41.0 Å². The van der Waals surface area contributed by atoms with Gasteiger partial charge < -0.3 is 28.6 Å². The van der Waals surface area contributed by atoms with Crippen molar-refractivity contribution >= 4 is 17.9 Å². The largest absolute Gasteiger partial charge is 0.544 e.